The zero-order chi connectivity index (χ0) is 21.0. The molecular weight excluding hydrogens is 407 g/mol. The summed E-state index contributed by atoms with van der Waals surface area (Å²) in [6, 6.07) is 15.9. The van der Waals surface area contributed by atoms with Crippen LogP contribution in [0.15, 0.2) is 77.6 Å². The quantitative estimate of drug-likeness (QED) is 0.485. The van der Waals surface area contributed by atoms with Crippen LogP contribution in [-0.2, 0) is 22.2 Å². The second-order valence-electron chi connectivity index (χ2n) is 6.57. The van der Waals surface area contributed by atoms with Crippen molar-refractivity contribution in [1.82, 2.24) is 15.1 Å². The van der Waals surface area contributed by atoms with Gasteiger partial charge < -0.3 is 4.52 Å². The van der Waals surface area contributed by atoms with Crippen LogP contribution >= 0.6 is 0 Å². The number of nitrogens with one attached hydrogen (secondary N) is 1. The van der Waals surface area contributed by atoms with Crippen LogP contribution < -0.4 is 4.72 Å². The third kappa shape index (κ3) is 4.87. The number of pyridine rings is 1. The summed E-state index contributed by atoms with van der Waals surface area (Å²) in [4.78, 5) is 8.33. The Kier molecular flexibility index (Phi) is 5.53. The average molecular weight is 424 g/mol. The summed E-state index contributed by atoms with van der Waals surface area (Å²) in [5.74, 6) is 0.0999. The summed E-state index contributed by atoms with van der Waals surface area (Å²) in [5.41, 5.74) is 2.36. The van der Waals surface area contributed by atoms with Crippen LogP contribution in [0.5, 0.6) is 0 Å². The molecule has 1 N–H and O–H groups in total. The molecule has 0 atom stereocenters. The first-order chi connectivity index (χ1) is 14.5. The Labute approximate surface area is 172 Å². The lowest BCUT2D eigenvalue weighted by Gasteiger charge is -2.11. The molecular formula is C21H17FN4O3S. The monoisotopic (exact) mass is 424 g/mol. The lowest BCUT2D eigenvalue weighted by molar-refractivity contribution is 0.386. The second kappa shape index (κ2) is 8.42. The van der Waals surface area contributed by atoms with E-state index >= 15 is 0 Å². The number of hydrogen-bond acceptors (Lipinski definition) is 6. The highest BCUT2D eigenvalue weighted by atomic mass is 32.2. The van der Waals surface area contributed by atoms with Crippen LogP contribution in [0.25, 0.3) is 11.4 Å². The summed E-state index contributed by atoms with van der Waals surface area (Å²) >= 11 is 0. The molecule has 0 saturated carbocycles. The highest BCUT2D eigenvalue weighted by molar-refractivity contribution is 7.91. The van der Waals surface area contributed by atoms with Crippen LogP contribution in [0.3, 0.4) is 0 Å². The van der Waals surface area contributed by atoms with Gasteiger partial charge in [-0.05, 0) is 41.5 Å². The van der Waals surface area contributed by atoms with Crippen molar-refractivity contribution in [1.29, 1.82) is 0 Å². The van der Waals surface area contributed by atoms with Crippen molar-refractivity contribution in [3.05, 3.63) is 95.9 Å². The van der Waals surface area contributed by atoms with Gasteiger partial charge in [-0.3, -0.25) is 9.71 Å². The molecule has 30 heavy (non-hydrogen) atoms. The number of aromatic nitrogens is 3. The predicted molar refractivity (Wildman–Crippen MR) is 109 cm³/mol. The van der Waals surface area contributed by atoms with Gasteiger partial charge in [-0.15, -0.1) is 0 Å². The van der Waals surface area contributed by atoms with Crippen LogP contribution in [0.1, 0.15) is 17.0 Å². The molecule has 0 unspecified atom stereocenters. The van der Waals surface area contributed by atoms with Crippen molar-refractivity contribution >= 4 is 15.7 Å². The molecule has 7 nitrogen and oxygen atoms in total. The van der Waals surface area contributed by atoms with Crippen LogP contribution in [0, 0.1) is 5.82 Å². The molecule has 0 aliphatic rings. The summed E-state index contributed by atoms with van der Waals surface area (Å²) in [6.07, 6.45) is 3.53. The number of hydrogen-bond donors (Lipinski definition) is 1. The van der Waals surface area contributed by atoms with Crippen molar-refractivity contribution in [3.8, 4) is 11.4 Å². The van der Waals surface area contributed by atoms with Crippen LogP contribution in [-0.4, -0.2) is 23.5 Å². The van der Waals surface area contributed by atoms with E-state index in [1.54, 1.807) is 48.8 Å². The summed E-state index contributed by atoms with van der Waals surface area (Å²) in [7, 11) is -3.70. The number of nitrogens with zero attached hydrogens (tertiary/aromatic N) is 3. The Bertz CT molecular complexity index is 1240. The lowest BCUT2D eigenvalue weighted by Crippen LogP contribution is -2.16. The van der Waals surface area contributed by atoms with Crippen LogP contribution in [0.4, 0.5) is 10.1 Å². The molecule has 0 bridgehead atoms. The van der Waals surface area contributed by atoms with Gasteiger partial charge in [0.05, 0.1) is 17.9 Å². The van der Waals surface area contributed by atoms with Gasteiger partial charge in [-0.25, -0.2) is 12.8 Å². The van der Waals surface area contributed by atoms with Crippen molar-refractivity contribution < 1.29 is 17.3 Å². The van der Waals surface area contributed by atoms with Gasteiger partial charge in [0.2, 0.25) is 21.7 Å². The highest BCUT2D eigenvalue weighted by Gasteiger charge is 2.16. The number of sulfonamides is 1. The van der Waals surface area contributed by atoms with E-state index in [0.717, 1.165) is 5.56 Å². The Balaban J connectivity index is 1.51. The molecule has 0 radical (unpaired) electrons. The standard InChI is InChI=1S/C21H17FN4O3S/c22-18-7-5-15(6-8-18)14-30(27,28)26-19-4-2-1-3-17(19)13-20-24-21(25-29-20)16-9-11-23-12-10-16/h1-12,26H,13-14H2. The molecule has 4 rings (SSSR count). The Morgan fingerprint density at radius 1 is 0.967 bits per heavy atom. The fourth-order valence-electron chi connectivity index (χ4n) is 2.89. The van der Waals surface area contributed by atoms with E-state index in [4.69, 9.17) is 4.52 Å². The first kappa shape index (κ1) is 19.7. The molecule has 0 aliphatic heterocycles. The zero-order valence-corrected chi connectivity index (χ0v) is 16.5. The molecule has 152 valence electrons. The number of benzene rings is 2. The smallest absolute Gasteiger partial charge is 0.236 e. The highest BCUT2D eigenvalue weighted by Crippen LogP contribution is 2.22. The van der Waals surface area contributed by atoms with Crippen LogP contribution in [0.2, 0.25) is 0 Å². The SMILES string of the molecule is O=S(=O)(Cc1ccc(F)cc1)Nc1ccccc1Cc1nc(-c2ccncc2)no1. The number of para-hydroxylation sites is 1. The Morgan fingerprint density at radius 2 is 1.70 bits per heavy atom. The first-order valence-electron chi connectivity index (χ1n) is 9.04. The molecule has 2 heterocycles. The molecule has 0 saturated heterocycles. The predicted octanol–water partition coefficient (Wildman–Crippen LogP) is 3.80. The van der Waals surface area contributed by atoms with Crippen molar-refractivity contribution in [2.45, 2.75) is 12.2 Å². The average Bonchev–Trinajstić information content (AvgIpc) is 3.20. The van der Waals surface area contributed by atoms with Gasteiger partial charge in [-0.2, -0.15) is 4.98 Å². The third-order valence-corrected chi connectivity index (χ3v) is 5.55. The van der Waals surface area contributed by atoms with E-state index in [2.05, 4.69) is 19.8 Å². The van der Waals surface area contributed by atoms with Gasteiger partial charge in [0.25, 0.3) is 0 Å². The minimum atomic E-state index is -3.70. The van der Waals surface area contributed by atoms with E-state index in [1.165, 1.54) is 24.3 Å². The molecule has 0 aliphatic carbocycles. The number of rotatable bonds is 7. The summed E-state index contributed by atoms with van der Waals surface area (Å²) < 4.78 is 46.1. The minimum Gasteiger partial charge on any atom is -0.339 e. The van der Waals surface area contributed by atoms with Gasteiger partial charge in [0.15, 0.2) is 0 Å². The van der Waals surface area contributed by atoms with Crippen molar-refractivity contribution in [3.63, 3.8) is 0 Å². The van der Waals surface area contributed by atoms with E-state index in [9.17, 15) is 12.8 Å². The van der Waals surface area contributed by atoms with Crippen molar-refractivity contribution in [2.75, 3.05) is 4.72 Å². The number of halogens is 1. The van der Waals surface area contributed by atoms with Gasteiger partial charge >= 0.3 is 0 Å². The van der Waals surface area contributed by atoms with E-state index < -0.39 is 15.8 Å². The van der Waals surface area contributed by atoms with E-state index in [-0.39, 0.29) is 12.2 Å². The lowest BCUT2D eigenvalue weighted by atomic mass is 10.1. The van der Waals surface area contributed by atoms with Gasteiger partial charge in [0, 0.05) is 18.0 Å². The molecule has 0 spiro atoms. The summed E-state index contributed by atoms with van der Waals surface area (Å²) in [5, 5.41) is 3.97. The van der Waals surface area contributed by atoms with Crippen molar-refractivity contribution in [2.24, 2.45) is 0 Å². The third-order valence-electron chi connectivity index (χ3n) is 4.30. The molecule has 2 aromatic carbocycles. The second-order valence-corrected chi connectivity index (χ2v) is 8.29. The minimum absolute atomic E-state index is 0.257. The maximum atomic E-state index is 13.0. The maximum Gasteiger partial charge on any atom is 0.236 e. The molecule has 0 fully saturated rings. The van der Waals surface area contributed by atoms with E-state index in [1.807, 2.05) is 0 Å². The largest absolute Gasteiger partial charge is 0.339 e. The summed E-state index contributed by atoms with van der Waals surface area (Å²) in [6.45, 7) is 0. The maximum absolute atomic E-state index is 13.0. The topological polar surface area (TPSA) is 98.0 Å². The number of anilines is 1. The molecule has 9 heteroatoms. The van der Waals surface area contributed by atoms with Gasteiger partial charge in [-0.1, -0.05) is 35.5 Å². The van der Waals surface area contributed by atoms with E-state index in [0.29, 0.717) is 28.5 Å². The Morgan fingerprint density at radius 3 is 2.47 bits per heavy atom. The fourth-order valence-corrected chi connectivity index (χ4v) is 4.12. The molecule has 4 aromatic rings. The van der Waals surface area contributed by atoms with Gasteiger partial charge in [0.1, 0.15) is 5.82 Å². The molecule has 0 amide bonds. The Hall–Kier alpha value is -3.59. The fraction of sp³-hybridized carbons (Fsp3) is 0.0952. The normalized spacial score (nSPS) is 11.4. The molecule has 2 aromatic heterocycles. The zero-order valence-electron chi connectivity index (χ0n) is 15.7. The first-order valence-corrected chi connectivity index (χ1v) is 10.7.